The molecule has 1 fully saturated rings. The van der Waals surface area contributed by atoms with Gasteiger partial charge >= 0.3 is 0 Å². The van der Waals surface area contributed by atoms with E-state index in [0.29, 0.717) is 24.5 Å². The smallest absolute Gasteiger partial charge is 0.241 e. The van der Waals surface area contributed by atoms with Crippen molar-refractivity contribution in [3.63, 3.8) is 0 Å². The predicted molar refractivity (Wildman–Crippen MR) is 103 cm³/mol. The van der Waals surface area contributed by atoms with Gasteiger partial charge in [-0.1, -0.05) is 0 Å². The standard InChI is InChI=1S/C18H29N3O4S/c1-13(2)25-17-8-6-16(7-9-17)20-26(23,24)12-18(22)21-10-4-5-15(11-21)14(3)19/h6-9,13-15,20H,4-5,10-12,19H2,1-3H3. The number of carbonyl (C=O) groups is 1. The van der Waals surface area contributed by atoms with Crippen LogP contribution in [-0.4, -0.2) is 50.2 Å². The second-order valence-electron chi connectivity index (χ2n) is 7.15. The number of nitrogens with one attached hydrogen (secondary N) is 1. The Bertz CT molecular complexity index is 702. The molecule has 0 aromatic heterocycles. The number of anilines is 1. The van der Waals surface area contributed by atoms with Crippen molar-refractivity contribution < 1.29 is 17.9 Å². The number of ether oxygens (including phenoxy) is 1. The van der Waals surface area contributed by atoms with Crippen molar-refractivity contribution in [1.82, 2.24) is 4.90 Å². The molecule has 0 radical (unpaired) electrons. The molecule has 2 unspecified atom stereocenters. The maximum Gasteiger partial charge on any atom is 0.241 e. The van der Waals surface area contributed by atoms with E-state index >= 15 is 0 Å². The largest absolute Gasteiger partial charge is 0.491 e. The van der Waals surface area contributed by atoms with Gasteiger partial charge in [-0.3, -0.25) is 9.52 Å². The Morgan fingerprint density at radius 1 is 1.31 bits per heavy atom. The lowest BCUT2D eigenvalue weighted by Crippen LogP contribution is -2.47. The van der Waals surface area contributed by atoms with Gasteiger partial charge in [-0.15, -0.1) is 0 Å². The lowest BCUT2D eigenvalue weighted by atomic mass is 9.92. The maximum absolute atomic E-state index is 12.4. The van der Waals surface area contributed by atoms with Gasteiger partial charge in [0.25, 0.3) is 0 Å². The monoisotopic (exact) mass is 383 g/mol. The summed E-state index contributed by atoms with van der Waals surface area (Å²) in [6.07, 6.45) is 1.86. The first-order valence-corrected chi connectivity index (χ1v) is 10.6. The molecule has 2 atom stereocenters. The summed E-state index contributed by atoms with van der Waals surface area (Å²) < 4.78 is 32.6. The molecule has 146 valence electrons. The number of amides is 1. The summed E-state index contributed by atoms with van der Waals surface area (Å²) in [5.41, 5.74) is 6.33. The third-order valence-electron chi connectivity index (χ3n) is 4.37. The van der Waals surface area contributed by atoms with Crippen molar-refractivity contribution >= 4 is 21.6 Å². The van der Waals surface area contributed by atoms with Gasteiger partial charge in [-0.2, -0.15) is 0 Å². The first-order chi connectivity index (χ1) is 12.2. The fourth-order valence-corrected chi connectivity index (χ4v) is 4.08. The molecule has 1 aromatic rings. The molecule has 8 heteroatoms. The zero-order chi connectivity index (χ0) is 19.3. The highest BCUT2D eigenvalue weighted by Crippen LogP contribution is 2.20. The van der Waals surface area contributed by atoms with Crippen molar-refractivity contribution in [2.75, 3.05) is 23.6 Å². The summed E-state index contributed by atoms with van der Waals surface area (Å²) in [6.45, 7) is 6.85. The molecule has 0 saturated carbocycles. The third-order valence-corrected chi connectivity index (χ3v) is 5.54. The highest BCUT2D eigenvalue weighted by atomic mass is 32.2. The molecule has 7 nitrogen and oxygen atoms in total. The maximum atomic E-state index is 12.4. The van der Waals surface area contributed by atoms with Crippen LogP contribution in [0.5, 0.6) is 5.75 Å². The molecule has 1 heterocycles. The number of nitrogens with two attached hydrogens (primary N) is 1. The molecule has 1 saturated heterocycles. The fourth-order valence-electron chi connectivity index (χ4n) is 3.01. The van der Waals surface area contributed by atoms with E-state index < -0.39 is 15.8 Å². The number of likely N-dealkylation sites (tertiary alicyclic amines) is 1. The number of sulfonamides is 1. The van der Waals surface area contributed by atoms with Crippen molar-refractivity contribution in [2.24, 2.45) is 11.7 Å². The minimum atomic E-state index is -3.77. The van der Waals surface area contributed by atoms with Crippen LogP contribution in [0.3, 0.4) is 0 Å². The van der Waals surface area contributed by atoms with Crippen LogP contribution in [0.1, 0.15) is 33.6 Å². The van der Waals surface area contributed by atoms with Crippen molar-refractivity contribution in [2.45, 2.75) is 45.8 Å². The van der Waals surface area contributed by atoms with Crippen molar-refractivity contribution in [1.29, 1.82) is 0 Å². The summed E-state index contributed by atoms with van der Waals surface area (Å²) in [4.78, 5) is 14.0. The van der Waals surface area contributed by atoms with Gasteiger partial charge in [0.05, 0.1) is 6.10 Å². The van der Waals surface area contributed by atoms with Gasteiger partial charge in [0.2, 0.25) is 15.9 Å². The fraction of sp³-hybridized carbons (Fsp3) is 0.611. The number of carbonyl (C=O) groups excluding carboxylic acids is 1. The molecule has 0 spiro atoms. The van der Waals surface area contributed by atoms with Crippen LogP contribution >= 0.6 is 0 Å². The third kappa shape index (κ3) is 6.17. The van der Waals surface area contributed by atoms with Gasteiger partial charge in [0.15, 0.2) is 0 Å². The molecular formula is C18H29N3O4S. The summed E-state index contributed by atoms with van der Waals surface area (Å²) >= 11 is 0. The molecule has 1 amide bonds. The van der Waals surface area contributed by atoms with E-state index in [0.717, 1.165) is 12.8 Å². The predicted octanol–water partition coefficient (Wildman–Crippen LogP) is 1.80. The molecular weight excluding hydrogens is 354 g/mol. The second kappa shape index (κ2) is 8.73. The highest BCUT2D eigenvalue weighted by molar-refractivity contribution is 7.93. The second-order valence-corrected chi connectivity index (χ2v) is 8.88. The van der Waals surface area contributed by atoms with Crippen LogP contribution in [0, 0.1) is 5.92 Å². The quantitative estimate of drug-likeness (QED) is 0.747. The first kappa shape index (κ1) is 20.5. The van der Waals surface area contributed by atoms with Gasteiger partial charge in [0, 0.05) is 24.8 Å². The van der Waals surface area contributed by atoms with Gasteiger partial charge in [0.1, 0.15) is 11.5 Å². The zero-order valence-corrected chi connectivity index (χ0v) is 16.5. The van der Waals surface area contributed by atoms with E-state index in [1.807, 2.05) is 20.8 Å². The minimum absolute atomic E-state index is 0.00750. The van der Waals surface area contributed by atoms with Crippen molar-refractivity contribution in [3.05, 3.63) is 24.3 Å². The number of nitrogens with zero attached hydrogens (tertiary/aromatic N) is 1. The van der Waals surface area contributed by atoms with E-state index in [-0.39, 0.29) is 24.0 Å². The van der Waals surface area contributed by atoms with E-state index in [2.05, 4.69) is 4.72 Å². The molecule has 1 aromatic carbocycles. The Labute approximate surface area is 155 Å². The number of piperidine rings is 1. The highest BCUT2D eigenvalue weighted by Gasteiger charge is 2.28. The molecule has 1 aliphatic heterocycles. The normalized spacial score (nSPS) is 19.3. The van der Waals surface area contributed by atoms with Crippen LogP contribution < -0.4 is 15.2 Å². The SMILES string of the molecule is CC(C)Oc1ccc(NS(=O)(=O)CC(=O)N2CCCC(C(C)N)C2)cc1. The van der Waals surface area contributed by atoms with Crippen LogP contribution in [0.4, 0.5) is 5.69 Å². The van der Waals surface area contributed by atoms with Gasteiger partial charge in [-0.25, -0.2) is 8.42 Å². The Morgan fingerprint density at radius 3 is 2.54 bits per heavy atom. The number of benzene rings is 1. The zero-order valence-electron chi connectivity index (χ0n) is 15.6. The summed E-state index contributed by atoms with van der Waals surface area (Å²) in [5.74, 6) is -0.0723. The Morgan fingerprint density at radius 2 is 1.96 bits per heavy atom. The number of rotatable bonds is 7. The van der Waals surface area contributed by atoms with E-state index in [1.165, 1.54) is 0 Å². The molecule has 2 rings (SSSR count). The molecule has 0 bridgehead atoms. The topological polar surface area (TPSA) is 102 Å². The number of hydrogen-bond donors (Lipinski definition) is 2. The van der Waals surface area contributed by atoms with Crippen LogP contribution in [0.15, 0.2) is 24.3 Å². The Balaban J connectivity index is 1.94. The molecule has 3 N–H and O–H groups in total. The van der Waals surface area contributed by atoms with Crippen LogP contribution in [0.2, 0.25) is 0 Å². The first-order valence-electron chi connectivity index (χ1n) is 8.97. The average Bonchev–Trinajstić information content (AvgIpc) is 2.55. The van der Waals surface area contributed by atoms with Crippen LogP contribution in [0.25, 0.3) is 0 Å². The summed E-state index contributed by atoms with van der Waals surface area (Å²) in [7, 11) is -3.77. The van der Waals surface area contributed by atoms with Gasteiger partial charge < -0.3 is 15.4 Å². The lowest BCUT2D eigenvalue weighted by molar-refractivity contribution is -0.130. The van der Waals surface area contributed by atoms with E-state index in [1.54, 1.807) is 29.2 Å². The van der Waals surface area contributed by atoms with E-state index in [4.69, 9.17) is 10.5 Å². The molecule has 0 aliphatic carbocycles. The minimum Gasteiger partial charge on any atom is -0.491 e. The summed E-state index contributed by atoms with van der Waals surface area (Å²) in [6, 6.07) is 6.61. The number of hydrogen-bond acceptors (Lipinski definition) is 5. The average molecular weight is 384 g/mol. The lowest BCUT2D eigenvalue weighted by Gasteiger charge is -2.34. The molecule has 26 heavy (non-hydrogen) atoms. The molecule has 1 aliphatic rings. The Hall–Kier alpha value is -1.80. The van der Waals surface area contributed by atoms with E-state index in [9.17, 15) is 13.2 Å². The summed E-state index contributed by atoms with van der Waals surface area (Å²) in [5, 5.41) is 0. The Kier molecular flexibility index (Phi) is 6.88. The van der Waals surface area contributed by atoms with Gasteiger partial charge in [-0.05, 0) is 63.8 Å². The van der Waals surface area contributed by atoms with Crippen molar-refractivity contribution in [3.8, 4) is 5.75 Å². The van der Waals surface area contributed by atoms with Crippen LogP contribution in [-0.2, 0) is 14.8 Å².